The Morgan fingerprint density at radius 3 is 2.70 bits per heavy atom. The number of imide groups is 1. The molecule has 0 aromatic heterocycles. The molecule has 5 nitrogen and oxygen atoms in total. The fourth-order valence-electron chi connectivity index (χ4n) is 2.66. The fraction of sp³-hybridized carbons (Fsp3) is 0.200. The number of carbonyl (C=O) groups excluding carboxylic acids is 2. The van der Waals surface area contributed by atoms with E-state index in [1.807, 2.05) is 6.92 Å². The highest BCUT2D eigenvalue weighted by Crippen LogP contribution is 2.28. The van der Waals surface area contributed by atoms with Crippen molar-refractivity contribution in [3.8, 4) is 5.75 Å². The van der Waals surface area contributed by atoms with Crippen LogP contribution in [0.15, 0.2) is 52.6 Å². The van der Waals surface area contributed by atoms with Crippen LogP contribution >= 0.6 is 15.9 Å². The van der Waals surface area contributed by atoms with E-state index in [0.717, 1.165) is 5.56 Å². The molecule has 1 saturated heterocycles. The van der Waals surface area contributed by atoms with Crippen LogP contribution < -0.4 is 10.1 Å². The Labute approximate surface area is 164 Å². The lowest BCUT2D eigenvalue weighted by atomic mass is 10.2. The quantitative estimate of drug-likeness (QED) is 0.540. The monoisotopic (exact) mass is 432 g/mol. The molecule has 1 fully saturated rings. The molecule has 1 aliphatic heterocycles. The molecule has 1 N–H and O–H groups in total. The smallest absolute Gasteiger partial charge is 0.329 e. The fourth-order valence-corrected chi connectivity index (χ4v) is 3.17. The van der Waals surface area contributed by atoms with Gasteiger partial charge in [-0.25, -0.2) is 9.18 Å². The second-order valence-electron chi connectivity index (χ2n) is 6.01. The number of ether oxygens (including phenoxy) is 1. The predicted octanol–water partition coefficient (Wildman–Crippen LogP) is 4.47. The van der Waals surface area contributed by atoms with Crippen LogP contribution in [-0.2, 0) is 11.4 Å². The van der Waals surface area contributed by atoms with Crippen molar-refractivity contribution in [2.45, 2.75) is 20.0 Å². The van der Waals surface area contributed by atoms with Gasteiger partial charge in [0.15, 0.2) is 0 Å². The van der Waals surface area contributed by atoms with Crippen molar-refractivity contribution in [2.75, 3.05) is 6.54 Å². The lowest BCUT2D eigenvalue weighted by Crippen LogP contribution is -2.31. The molecule has 0 aliphatic carbocycles. The Morgan fingerprint density at radius 1 is 1.22 bits per heavy atom. The zero-order chi connectivity index (χ0) is 19.4. The Kier molecular flexibility index (Phi) is 5.91. The molecule has 0 atom stereocenters. The standard InChI is InChI=1S/C20H18BrFN2O3/c1-2-9-24-19(25)17(23-20(24)26)11-13-7-8-18(15(21)10-13)27-12-14-5-3-4-6-16(14)22/h3-8,10-11H,2,9,12H2,1H3,(H,23,26)/b17-11+. The average molecular weight is 433 g/mol. The van der Waals surface area contributed by atoms with E-state index in [4.69, 9.17) is 4.74 Å². The molecule has 27 heavy (non-hydrogen) atoms. The molecule has 1 aliphatic rings. The topological polar surface area (TPSA) is 58.6 Å². The molecule has 1 heterocycles. The largest absolute Gasteiger partial charge is 0.488 e. The number of benzene rings is 2. The average Bonchev–Trinajstić information content (AvgIpc) is 2.90. The SMILES string of the molecule is CCCN1C(=O)N/C(=C/c2ccc(OCc3ccccc3F)c(Br)c2)C1=O. The Hall–Kier alpha value is -2.67. The third-order valence-electron chi connectivity index (χ3n) is 4.02. The lowest BCUT2D eigenvalue weighted by Gasteiger charge is -2.10. The van der Waals surface area contributed by atoms with Crippen LogP contribution in [0, 0.1) is 5.82 Å². The summed E-state index contributed by atoms with van der Waals surface area (Å²) in [7, 11) is 0. The summed E-state index contributed by atoms with van der Waals surface area (Å²) in [6.45, 7) is 2.39. The number of rotatable bonds is 6. The number of urea groups is 1. The number of hydrogen-bond donors (Lipinski definition) is 1. The third kappa shape index (κ3) is 4.36. The van der Waals surface area contributed by atoms with Gasteiger partial charge in [0, 0.05) is 12.1 Å². The summed E-state index contributed by atoms with van der Waals surface area (Å²) >= 11 is 3.42. The normalized spacial score (nSPS) is 15.4. The van der Waals surface area contributed by atoms with Crippen LogP contribution in [-0.4, -0.2) is 23.4 Å². The van der Waals surface area contributed by atoms with Gasteiger partial charge in [0.2, 0.25) is 0 Å². The molecular weight excluding hydrogens is 415 g/mol. The number of hydrogen-bond acceptors (Lipinski definition) is 3. The van der Waals surface area contributed by atoms with Gasteiger partial charge in [-0.2, -0.15) is 0 Å². The van der Waals surface area contributed by atoms with Gasteiger partial charge >= 0.3 is 6.03 Å². The van der Waals surface area contributed by atoms with E-state index >= 15 is 0 Å². The first-order chi connectivity index (χ1) is 13.0. The lowest BCUT2D eigenvalue weighted by molar-refractivity contribution is -0.122. The van der Waals surface area contributed by atoms with Crippen LogP contribution in [0.1, 0.15) is 24.5 Å². The van der Waals surface area contributed by atoms with Gasteiger partial charge < -0.3 is 10.1 Å². The first-order valence-electron chi connectivity index (χ1n) is 8.50. The van der Waals surface area contributed by atoms with E-state index < -0.39 is 6.03 Å². The molecule has 3 rings (SSSR count). The Bertz CT molecular complexity index is 914. The molecule has 0 spiro atoms. The number of nitrogens with zero attached hydrogens (tertiary/aromatic N) is 1. The van der Waals surface area contributed by atoms with Crippen LogP contribution in [0.3, 0.4) is 0 Å². The number of nitrogens with one attached hydrogen (secondary N) is 1. The minimum atomic E-state index is -0.406. The minimum absolute atomic E-state index is 0.103. The van der Waals surface area contributed by atoms with Crippen molar-refractivity contribution in [1.82, 2.24) is 10.2 Å². The van der Waals surface area contributed by atoms with Crippen molar-refractivity contribution in [3.63, 3.8) is 0 Å². The van der Waals surface area contributed by atoms with E-state index in [2.05, 4.69) is 21.2 Å². The first-order valence-corrected chi connectivity index (χ1v) is 9.29. The van der Waals surface area contributed by atoms with Gasteiger partial charge in [-0.05, 0) is 52.2 Å². The number of carbonyl (C=O) groups is 2. The minimum Gasteiger partial charge on any atom is -0.488 e. The Balaban J connectivity index is 1.72. The summed E-state index contributed by atoms with van der Waals surface area (Å²) in [6.07, 6.45) is 2.31. The number of halogens is 2. The molecule has 2 aromatic carbocycles. The molecule has 2 aromatic rings. The highest BCUT2D eigenvalue weighted by Gasteiger charge is 2.32. The second kappa shape index (κ2) is 8.35. The zero-order valence-electron chi connectivity index (χ0n) is 14.7. The summed E-state index contributed by atoms with van der Waals surface area (Å²) in [5.74, 6) is -0.102. The summed E-state index contributed by atoms with van der Waals surface area (Å²) < 4.78 is 20.0. The molecule has 0 radical (unpaired) electrons. The van der Waals surface area contributed by atoms with E-state index in [9.17, 15) is 14.0 Å². The molecule has 7 heteroatoms. The highest BCUT2D eigenvalue weighted by atomic mass is 79.9. The van der Waals surface area contributed by atoms with Crippen LogP contribution in [0.5, 0.6) is 5.75 Å². The molecule has 0 unspecified atom stereocenters. The Morgan fingerprint density at radius 2 is 2.00 bits per heavy atom. The second-order valence-corrected chi connectivity index (χ2v) is 6.87. The van der Waals surface area contributed by atoms with E-state index in [1.54, 1.807) is 42.5 Å². The summed E-state index contributed by atoms with van der Waals surface area (Å²) in [5.41, 5.74) is 1.42. The highest BCUT2D eigenvalue weighted by molar-refractivity contribution is 9.10. The van der Waals surface area contributed by atoms with Gasteiger partial charge in [-0.15, -0.1) is 0 Å². The summed E-state index contributed by atoms with van der Waals surface area (Å²) in [6, 6.07) is 11.3. The molecule has 0 saturated carbocycles. The van der Waals surface area contributed by atoms with Crippen molar-refractivity contribution in [3.05, 3.63) is 69.6 Å². The first kappa shape index (κ1) is 19.1. The molecule has 140 valence electrons. The van der Waals surface area contributed by atoms with Crippen molar-refractivity contribution >= 4 is 33.9 Å². The van der Waals surface area contributed by atoms with Crippen molar-refractivity contribution in [2.24, 2.45) is 0 Å². The predicted molar refractivity (Wildman–Crippen MR) is 103 cm³/mol. The van der Waals surface area contributed by atoms with Gasteiger partial charge in [0.25, 0.3) is 5.91 Å². The van der Waals surface area contributed by atoms with E-state index in [-0.39, 0.29) is 24.0 Å². The van der Waals surface area contributed by atoms with Crippen molar-refractivity contribution in [1.29, 1.82) is 0 Å². The van der Waals surface area contributed by atoms with Gasteiger partial charge in [-0.1, -0.05) is 31.2 Å². The van der Waals surface area contributed by atoms with E-state index in [1.165, 1.54) is 11.0 Å². The number of amides is 3. The van der Waals surface area contributed by atoms with Gasteiger partial charge in [-0.3, -0.25) is 9.69 Å². The zero-order valence-corrected chi connectivity index (χ0v) is 16.3. The molecule has 3 amide bonds. The third-order valence-corrected chi connectivity index (χ3v) is 4.64. The maximum Gasteiger partial charge on any atom is 0.329 e. The van der Waals surface area contributed by atoms with Gasteiger partial charge in [0.05, 0.1) is 4.47 Å². The van der Waals surface area contributed by atoms with Gasteiger partial charge in [0.1, 0.15) is 23.9 Å². The molecule has 0 bridgehead atoms. The van der Waals surface area contributed by atoms with Crippen LogP contribution in [0.2, 0.25) is 0 Å². The van der Waals surface area contributed by atoms with Crippen molar-refractivity contribution < 1.29 is 18.7 Å². The van der Waals surface area contributed by atoms with Crippen LogP contribution in [0.4, 0.5) is 9.18 Å². The maximum absolute atomic E-state index is 13.7. The van der Waals surface area contributed by atoms with Crippen LogP contribution in [0.25, 0.3) is 6.08 Å². The summed E-state index contributed by atoms with van der Waals surface area (Å²) in [5, 5.41) is 2.58. The summed E-state index contributed by atoms with van der Waals surface area (Å²) in [4.78, 5) is 25.3. The molecular formula is C20H18BrFN2O3. The maximum atomic E-state index is 13.7. The van der Waals surface area contributed by atoms with E-state index in [0.29, 0.717) is 28.8 Å².